The van der Waals surface area contributed by atoms with Gasteiger partial charge in [0.2, 0.25) is 0 Å². The van der Waals surface area contributed by atoms with Crippen LogP contribution in [-0.2, 0) is 19.4 Å². The molecule has 120 valence electrons. The molecule has 0 atom stereocenters. The van der Waals surface area contributed by atoms with Crippen LogP contribution in [0.4, 0.5) is 4.79 Å². The molecule has 0 aromatic rings. The molecule has 2 saturated heterocycles. The fourth-order valence-electron chi connectivity index (χ4n) is 2.59. The number of carboxylic acids is 1. The molecule has 21 heavy (non-hydrogen) atoms. The third-order valence-electron chi connectivity index (χ3n) is 4.00. The van der Waals surface area contributed by atoms with Crippen molar-refractivity contribution in [1.82, 2.24) is 10.6 Å². The molecular formula is C12H20N2O6S. The molecule has 2 rings (SSSR count). The van der Waals surface area contributed by atoms with Crippen molar-refractivity contribution in [2.75, 3.05) is 24.7 Å². The molecule has 8 nitrogen and oxygen atoms in total. The Labute approximate surface area is 123 Å². The van der Waals surface area contributed by atoms with Crippen LogP contribution in [-0.4, -0.2) is 61.8 Å². The van der Waals surface area contributed by atoms with Crippen LogP contribution in [0.15, 0.2) is 0 Å². The highest BCUT2D eigenvalue weighted by Gasteiger charge is 2.42. The Morgan fingerprint density at radius 2 is 1.71 bits per heavy atom. The van der Waals surface area contributed by atoms with Crippen LogP contribution in [0.5, 0.6) is 0 Å². The van der Waals surface area contributed by atoms with E-state index in [1.54, 1.807) is 0 Å². The van der Waals surface area contributed by atoms with Crippen molar-refractivity contribution in [2.45, 2.75) is 37.3 Å². The maximum atomic E-state index is 12.0. The Balaban J connectivity index is 1.90. The van der Waals surface area contributed by atoms with Crippen LogP contribution >= 0.6 is 0 Å². The number of carboxylic acid groups (broad SMARTS) is 1. The van der Waals surface area contributed by atoms with Crippen molar-refractivity contribution < 1.29 is 27.9 Å². The summed E-state index contributed by atoms with van der Waals surface area (Å²) in [5.41, 5.74) is -1.30. The lowest BCUT2D eigenvalue weighted by atomic mass is 9.90. The maximum absolute atomic E-state index is 12.0. The van der Waals surface area contributed by atoms with Gasteiger partial charge in [0, 0.05) is 32.1 Å². The number of hydrogen-bond acceptors (Lipinski definition) is 5. The maximum Gasteiger partial charge on any atom is 0.329 e. The predicted octanol–water partition coefficient (Wildman–Crippen LogP) is -0.503. The van der Waals surface area contributed by atoms with Gasteiger partial charge in [-0.2, -0.15) is 0 Å². The van der Waals surface area contributed by atoms with Gasteiger partial charge >= 0.3 is 12.0 Å². The van der Waals surface area contributed by atoms with Gasteiger partial charge in [-0.05, 0) is 12.8 Å². The minimum absolute atomic E-state index is 0.0514. The highest BCUT2D eigenvalue weighted by molar-refractivity contribution is 7.91. The molecule has 9 heteroatoms. The molecule has 3 N–H and O–H groups in total. The first-order valence-electron chi connectivity index (χ1n) is 6.93. The zero-order valence-corrected chi connectivity index (χ0v) is 12.4. The van der Waals surface area contributed by atoms with Gasteiger partial charge in [0.25, 0.3) is 0 Å². The minimum atomic E-state index is -2.99. The van der Waals surface area contributed by atoms with Crippen LogP contribution in [0, 0.1) is 0 Å². The Hall–Kier alpha value is -1.35. The third-order valence-corrected chi connectivity index (χ3v) is 5.71. The number of nitrogens with one attached hydrogen (secondary N) is 2. The second-order valence-electron chi connectivity index (χ2n) is 5.52. The minimum Gasteiger partial charge on any atom is -0.480 e. The van der Waals surface area contributed by atoms with Crippen molar-refractivity contribution >= 4 is 21.8 Å². The molecule has 0 aromatic carbocycles. The number of rotatable bonds is 3. The molecule has 0 radical (unpaired) electrons. The van der Waals surface area contributed by atoms with E-state index in [0.717, 1.165) is 0 Å². The summed E-state index contributed by atoms with van der Waals surface area (Å²) in [7, 11) is -2.99. The van der Waals surface area contributed by atoms with Gasteiger partial charge in [0.15, 0.2) is 0 Å². The molecule has 2 amide bonds. The topological polar surface area (TPSA) is 122 Å². The molecule has 2 aliphatic rings. The van der Waals surface area contributed by atoms with Crippen LogP contribution < -0.4 is 10.6 Å². The number of aliphatic carboxylic acids is 1. The van der Waals surface area contributed by atoms with Crippen molar-refractivity contribution in [3.05, 3.63) is 0 Å². The molecule has 2 aliphatic heterocycles. The summed E-state index contributed by atoms with van der Waals surface area (Å²) in [6.45, 7) is 0.572. The molecule has 2 heterocycles. The fourth-order valence-corrected chi connectivity index (χ4v) is 4.08. The lowest BCUT2D eigenvalue weighted by molar-refractivity contribution is -0.148. The summed E-state index contributed by atoms with van der Waals surface area (Å²) in [4.78, 5) is 23.4. The molecule has 2 fully saturated rings. The lowest BCUT2D eigenvalue weighted by Crippen LogP contribution is -2.60. The Bertz CT molecular complexity index is 498. The first kappa shape index (κ1) is 16.0. The fraction of sp³-hybridized carbons (Fsp3) is 0.833. The molecule has 0 saturated carbocycles. The smallest absolute Gasteiger partial charge is 0.329 e. The van der Waals surface area contributed by atoms with Gasteiger partial charge in [0.05, 0.1) is 11.5 Å². The summed E-state index contributed by atoms with van der Waals surface area (Å²) in [6.07, 6.45) is 1.15. The number of ether oxygens (including phenoxy) is 1. The monoisotopic (exact) mass is 320 g/mol. The third kappa shape index (κ3) is 4.07. The summed E-state index contributed by atoms with van der Waals surface area (Å²) in [6, 6.07) is -0.803. The summed E-state index contributed by atoms with van der Waals surface area (Å²) < 4.78 is 27.8. The molecule has 0 bridgehead atoms. The molecular weight excluding hydrogens is 300 g/mol. The van der Waals surface area contributed by atoms with E-state index in [1.165, 1.54) is 0 Å². The van der Waals surface area contributed by atoms with Gasteiger partial charge in [-0.15, -0.1) is 0 Å². The van der Waals surface area contributed by atoms with Crippen molar-refractivity contribution in [3.63, 3.8) is 0 Å². The Kier molecular flexibility index (Phi) is 4.72. The van der Waals surface area contributed by atoms with Crippen molar-refractivity contribution in [3.8, 4) is 0 Å². The Morgan fingerprint density at radius 1 is 1.14 bits per heavy atom. The Morgan fingerprint density at radius 3 is 2.24 bits per heavy atom. The van der Waals surface area contributed by atoms with Gasteiger partial charge in [-0.3, -0.25) is 0 Å². The number of carbonyl (C=O) groups is 2. The van der Waals surface area contributed by atoms with E-state index in [0.29, 0.717) is 12.8 Å². The molecule has 0 aliphatic carbocycles. The first-order chi connectivity index (χ1) is 9.83. The van der Waals surface area contributed by atoms with Crippen molar-refractivity contribution in [2.24, 2.45) is 0 Å². The van der Waals surface area contributed by atoms with Crippen LogP contribution in [0.1, 0.15) is 25.7 Å². The van der Waals surface area contributed by atoms with E-state index >= 15 is 0 Å². The number of urea groups is 1. The number of carbonyl (C=O) groups excluding carboxylic acids is 1. The zero-order chi connectivity index (χ0) is 15.5. The van der Waals surface area contributed by atoms with E-state index in [4.69, 9.17) is 4.74 Å². The second-order valence-corrected chi connectivity index (χ2v) is 7.83. The highest BCUT2D eigenvalue weighted by Crippen LogP contribution is 2.21. The first-order valence-corrected chi connectivity index (χ1v) is 8.75. The quantitative estimate of drug-likeness (QED) is 0.644. The van der Waals surface area contributed by atoms with E-state index in [2.05, 4.69) is 10.6 Å². The van der Waals surface area contributed by atoms with E-state index in [1.807, 2.05) is 0 Å². The summed E-state index contributed by atoms with van der Waals surface area (Å²) in [5.74, 6) is -0.974. The normalized spacial score (nSPS) is 25.0. The van der Waals surface area contributed by atoms with E-state index < -0.39 is 27.4 Å². The molecule has 0 spiro atoms. The average Bonchev–Trinajstić information content (AvgIpc) is 2.42. The predicted molar refractivity (Wildman–Crippen MR) is 73.8 cm³/mol. The second kappa shape index (κ2) is 6.18. The summed E-state index contributed by atoms with van der Waals surface area (Å²) in [5, 5.41) is 14.5. The average molecular weight is 320 g/mol. The molecule has 0 aromatic heterocycles. The zero-order valence-electron chi connectivity index (χ0n) is 11.6. The van der Waals surface area contributed by atoms with Gasteiger partial charge in [0.1, 0.15) is 15.4 Å². The largest absolute Gasteiger partial charge is 0.480 e. The standard InChI is InChI=1S/C12H20N2O6S/c15-10(16)12(3-5-20-6-4-12)14-11(17)13-9-1-7-21(18,19)8-2-9/h9H,1-8H2,(H,15,16)(H2,13,14,17). The van der Waals surface area contributed by atoms with Gasteiger partial charge in [-0.25, -0.2) is 18.0 Å². The summed E-state index contributed by atoms with van der Waals surface area (Å²) >= 11 is 0. The number of hydrogen-bond donors (Lipinski definition) is 3. The van der Waals surface area contributed by atoms with E-state index in [9.17, 15) is 23.1 Å². The van der Waals surface area contributed by atoms with E-state index in [-0.39, 0.29) is 43.6 Å². The lowest BCUT2D eigenvalue weighted by Gasteiger charge is -2.34. The number of amides is 2. The van der Waals surface area contributed by atoms with Crippen LogP contribution in [0.2, 0.25) is 0 Å². The van der Waals surface area contributed by atoms with Crippen LogP contribution in [0.25, 0.3) is 0 Å². The van der Waals surface area contributed by atoms with Gasteiger partial charge in [-0.1, -0.05) is 0 Å². The number of sulfone groups is 1. The molecule has 0 unspecified atom stereocenters. The highest BCUT2D eigenvalue weighted by atomic mass is 32.2. The van der Waals surface area contributed by atoms with Gasteiger partial charge < -0.3 is 20.5 Å². The SMILES string of the molecule is O=C(NC1CCS(=O)(=O)CC1)NC1(C(=O)O)CCOCC1. The van der Waals surface area contributed by atoms with Crippen LogP contribution in [0.3, 0.4) is 0 Å². The van der Waals surface area contributed by atoms with Crippen molar-refractivity contribution in [1.29, 1.82) is 0 Å².